The molecule has 4 heteroatoms. The van der Waals surface area contributed by atoms with Crippen molar-refractivity contribution in [1.29, 1.82) is 0 Å². The van der Waals surface area contributed by atoms with Crippen LogP contribution in [-0.2, 0) is 4.79 Å². The van der Waals surface area contributed by atoms with Crippen LogP contribution >= 0.6 is 0 Å². The number of hydrogen-bond acceptors (Lipinski definition) is 3. The van der Waals surface area contributed by atoms with E-state index in [0.29, 0.717) is 24.9 Å². The van der Waals surface area contributed by atoms with Crippen molar-refractivity contribution in [1.82, 2.24) is 10.2 Å². The second kappa shape index (κ2) is 10.3. The molecular formula is C14H31N3O. The average Bonchev–Trinajstić information content (AvgIpc) is 2.24. The van der Waals surface area contributed by atoms with Crippen LogP contribution in [-0.4, -0.2) is 43.5 Å². The molecule has 18 heavy (non-hydrogen) atoms. The third-order valence-corrected chi connectivity index (χ3v) is 2.71. The van der Waals surface area contributed by atoms with Crippen LogP contribution in [0.2, 0.25) is 0 Å². The standard InChI is InChI=1S/C14H31N3O/c1-12(2)6-8-16-14(18)11-17(9-5-7-15)10-13(3)4/h12-13H,5-11,15H2,1-4H3,(H,16,18). The Bertz CT molecular complexity index is 217. The maximum atomic E-state index is 11.8. The molecule has 0 aromatic heterocycles. The van der Waals surface area contributed by atoms with Gasteiger partial charge in [0.2, 0.25) is 5.91 Å². The molecule has 0 saturated carbocycles. The molecule has 0 aliphatic rings. The second-order valence-corrected chi connectivity index (χ2v) is 5.80. The second-order valence-electron chi connectivity index (χ2n) is 5.80. The number of nitrogens with two attached hydrogens (primary N) is 1. The summed E-state index contributed by atoms with van der Waals surface area (Å²) < 4.78 is 0. The molecule has 0 aromatic rings. The molecule has 0 heterocycles. The number of nitrogens with zero attached hydrogens (tertiary/aromatic N) is 1. The van der Waals surface area contributed by atoms with E-state index in [4.69, 9.17) is 5.73 Å². The van der Waals surface area contributed by atoms with Crippen LogP contribution in [0.4, 0.5) is 0 Å². The summed E-state index contributed by atoms with van der Waals surface area (Å²) >= 11 is 0. The van der Waals surface area contributed by atoms with E-state index in [2.05, 4.69) is 37.9 Å². The Morgan fingerprint density at radius 1 is 1.22 bits per heavy atom. The van der Waals surface area contributed by atoms with Gasteiger partial charge in [-0.15, -0.1) is 0 Å². The van der Waals surface area contributed by atoms with Gasteiger partial charge in [-0.3, -0.25) is 9.69 Å². The first-order chi connectivity index (χ1) is 8.45. The van der Waals surface area contributed by atoms with Gasteiger partial charge < -0.3 is 11.1 Å². The Morgan fingerprint density at radius 2 is 1.89 bits per heavy atom. The molecule has 0 aromatic carbocycles. The first-order valence-electron chi connectivity index (χ1n) is 7.14. The first-order valence-corrected chi connectivity index (χ1v) is 7.14. The number of hydrogen-bond donors (Lipinski definition) is 2. The lowest BCUT2D eigenvalue weighted by atomic mass is 10.1. The molecule has 4 nitrogen and oxygen atoms in total. The highest BCUT2D eigenvalue weighted by molar-refractivity contribution is 5.77. The number of amides is 1. The van der Waals surface area contributed by atoms with E-state index in [1.54, 1.807) is 0 Å². The first kappa shape index (κ1) is 17.4. The van der Waals surface area contributed by atoms with Crippen LogP contribution in [0.1, 0.15) is 40.5 Å². The minimum atomic E-state index is 0.133. The van der Waals surface area contributed by atoms with Crippen LogP contribution < -0.4 is 11.1 Å². The van der Waals surface area contributed by atoms with Gasteiger partial charge in [-0.25, -0.2) is 0 Å². The molecule has 0 radical (unpaired) electrons. The minimum absolute atomic E-state index is 0.133. The molecule has 0 saturated heterocycles. The van der Waals surface area contributed by atoms with Gasteiger partial charge in [-0.05, 0) is 37.8 Å². The van der Waals surface area contributed by atoms with Crippen molar-refractivity contribution in [2.24, 2.45) is 17.6 Å². The Labute approximate surface area is 112 Å². The summed E-state index contributed by atoms with van der Waals surface area (Å²) in [5, 5.41) is 2.98. The van der Waals surface area contributed by atoms with E-state index in [9.17, 15) is 4.79 Å². The highest BCUT2D eigenvalue weighted by Crippen LogP contribution is 2.00. The van der Waals surface area contributed by atoms with Crippen molar-refractivity contribution in [2.45, 2.75) is 40.5 Å². The number of carbonyl (C=O) groups excluding carboxylic acids is 1. The topological polar surface area (TPSA) is 58.4 Å². The number of rotatable bonds is 10. The smallest absolute Gasteiger partial charge is 0.234 e. The highest BCUT2D eigenvalue weighted by atomic mass is 16.2. The fraction of sp³-hybridized carbons (Fsp3) is 0.929. The van der Waals surface area contributed by atoms with Crippen LogP contribution in [0.5, 0.6) is 0 Å². The fourth-order valence-electron chi connectivity index (χ4n) is 1.83. The number of nitrogens with one attached hydrogen (secondary N) is 1. The Balaban J connectivity index is 3.93. The third-order valence-electron chi connectivity index (χ3n) is 2.71. The van der Waals surface area contributed by atoms with Crippen LogP contribution in [0.3, 0.4) is 0 Å². The zero-order chi connectivity index (χ0) is 14.0. The molecule has 108 valence electrons. The van der Waals surface area contributed by atoms with E-state index in [0.717, 1.165) is 32.5 Å². The maximum absolute atomic E-state index is 11.8. The van der Waals surface area contributed by atoms with Gasteiger partial charge >= 0.3 is 0 Å². The summed E-state index contributed by atoms with van der Waals surface area (Å²) in [6.07, 6.45) is 1.99. The lowest BCUT2D eigenvalue weighted by Gasteiger charge is -2.23. The summed E-state index contributed by atoms with van der Waals surface area (Å²) in [7, 11) is 0. The zero-order valence-corrected chi connectivity index (χ0v) is 12.5. The molecule has 0 aliphatic heterocycles. The zero-order valence-electron chi connectivity index (χ0n) is 12.5. The summed E-state index contributed by atoms with van der Waals surface area (Å²) in [5.74, 6) is 1.34. The van der Waals surface area contributed by atoms with Gasteiger partial charge in [0.25, 0.3) is 0 Å². The van der Waals surface area contributed by atoms with Gasteiger partial charge in [-0.2, -0.15) is 0 Å². The van der Waals surface area contributed by atoms with E-state index in [-0.39, 0.29) is 5.91 Å². The molecular weight excluding hydrogens is 226 g/mol. The van der Waals surface area contributed by atoms with Crippen molar-refractivity contribution < 1.29 is 4.79 Å². The molecule has 0 spiro atoms. The molecule has 1 amide bonds. The van der Waals surface area contributed by atoms with Gasteiger partial charge in [0, 0.05) is 13.1 Å². The average molecular weight is 257 g/mol. The third kappa shape index (κ3) is 10.5. The Hall–Kier alpha value is -0.610. The molecule has 0 bridgehead atoms. The van der Waals surface area contributed by atoms with Crippen LogP contribution in [0, 0.1) is 11.8 Å². The lowest BCUT2D eigenvalue weighted by molar-refractivity contribution is -0.122. The largest absolute Gasteiger partial charge is 0.355 e. The SMILES string of the molecule is CC(C)CCNC(=O)CN(CCCN)CC(C)C. The predicted octanol–water partition coefficient (Wildman–Crippen LogP) is 1.46. The van der Waals surface area contributed by atoms with Crippen molar-refractivity contribution in [3.63, 3.8) is 0 Å². The monoisotopic (exact) mass is 257 g/mol. The lowest BCUT2D eigenvalue weighted by Crippen LogP contribution is -2.40. The molecule has 0 atom stereocenters. The fourth-order valence-corrected chi connectivity index (χ4v) is 1.83. The Kier molecular flexibility index (Phi) is 9.98. The summed E-state index contributed by atoms with van der Waals surface area (Å²) in [6.45, 7) is 12.5. The van der Waals surface area contributed by atoms with Crippen molar-refractivity contribution >= 4 is 5.91 Å². The van der Waals surface area contributed by atoms with E-state index < -0.39 is 0 Å². The Morgan fingerprint density at radius 3 is 2.39 bits per heavy atom. The van der Waals surface area contributed by atoms with E-state index >= 15 is 0 Å². The van der Waals surface area contributed by atoms with Crippen molar-refractivity contribution in [3.05, 3.63) is 0 Å². The van der Waals surface area contributed by atoms with Gasteiger partial charge in [0.05, 0.1) is 6.54 Å². The minimum Gasteiger partial charge on any atom is -0.355 e. The normalized spacial score (nSPS) is 11.6. The number of carbonyl (C=O) groups is 1. The van der Waals surface area contributed by atoms with Gasteiger partial charge in [0.1, 0.15) is 0 Å². The molecule has 0 fully saturated rings. The van der Waals surface area contributed by atoms with Gasteiger partial charge in [0.15, 0.2) is 0 Å². The van der Waals surface area contributed by atoms with Gasteiger partial charge in [-0.1, -0.05) is 27.7 Å². The molecule has 0 aliphatic carbocycles. The predicted molar refractivity (Wildman–Crippen MR) is 77.4 cm³/mol. The molecule has 3 N–H and O–H groups in total. The molecule has 0 rings (SSSR count). The van der Waals surface area contributed by atoms with Crippen molar-refractivity contribution in [3.8, 4) is 0 Å². The summed E-state index contributed by atoms with van der Waals surface area (Å²) in [4.78, 5) is 14.0. The molecule has 0 unspecified atom stereocenters. The maximum Gasteiger partial charge on any atom is 0.234 e. The van der Waals surface area contributed by atoms with Crippen LogP contribution in [0.25, 0.3) is 0 Å². The summed E-state index contributed by atoms with van der Waals surface area (Å²) in [5.41, 5.74) is 5.52. The van der Waals surface area contributed by atoms with E-state index in [1.807, 2.05) is 0 Å². The van der Waals surface area contributed by atoms with E-state index in [1.165, 1.54) is 0 Å². The summed E-state index contributed by atoms with van der Waals surface area (Å²) in [6, 6.07) is 0. The highest BCUT2D eigenvalue weighted by Gasteiger charge is 2.11. The van der Waals surface area contributed by atoms with Crippen LogP contribution in [0.15, 0.2) is 0 Å². The quantitative estimate of drug-likeness (QED) is 0.623. The van der Waals surface area contributed by atoms with Crippen molar-refractivity contribution in [2.75, 3.05) is 32.7 Å².